The van der Waals surface area contributed by atoms with Crippen molar-refractivity contribution in [3.63, 3.8) is 0 Å². The van der Waals surface area contributed by atoms with Crippen LogP contribution < -0.4 is 15.4 Å². The Morgan fingerprint density at radius 3 is 2.48 bits per heavy atom. The average molecular weight is 473 g/mol. The van der Waals surface area contributed by atoms with Crippen LogP contribution in [0.15, 0.2) is 29.3 Å². The number of aliphatic imine (C=N–C) groups is 1. The van der Waals surface area contributed by atoms with Crippen molar-refractivity contribution in [2.45, 2.75) is 26.1 Å². The number of guanidine groups is 1. The zero-order valence-electron chi connectivity index (χ0n) is 14.4. The topological polar surface area (TPSA) is 75.1 Å². The monoisotopic (exact) mass is 473 g/mol. The molecule has 144 valence electrons. The van der Waals surface area contributed by atoms with E-state index in [-0.39, 0.29) is 36.3 Å². The number of methoxy groups -OCH3 is 1. The van der Waals surface area contributed by atoms with E-state index >= 15 is 0 Å². The number of nitrogens with one attached hydrogen (secondary N) is 2. The number of aliphatic hydroxyl groups excluding tert-OH is 1. The number of halogens is 3. The first-order valence-corrected chi connectivity index (χ1v) is 7.80. The van der Waals surface area contributed by atoms with Gasteiger partial charge in [0.1, 0.15) is 5.75 Å². The molecule has 0 aromatic heterocycles. The van der Waals surface area contributed by atoms with Crippen LogP contribution >= 0.6 is 24.0 Å². The first-order chi connectivity index (χ1) is 11.6. The average Bonchev–Trinajstić information content (AvgIpc) is 2.56. The van der Waals surface area contributed by atoms with E-state index in [1.54, 1.807) is 7.11 Å². The number of aliphatic hydroxyl groups is 1. The molecule has 0 heterocycles. The molecule has 0 aliphatic carbocycles. The van der Waals surface area contributed by atoms with Gasteiger partial charge in [-0.05, 0) is 31.0 Å². The van der Waals surface area contributed by atoms with Crippen molar-refractivity contribution in [3.8, 4) is 5.75 Å². The first-order valence-electron chi connectivity index (χ1n) is 7.80. The lowest BCUT2D eigenvalue weighted by molar-refractivity contribution is -0.0498. The van der Waals surface area contributed by atoms with Crippen molar-refractivity contribution in [3.05, 3.63) is 29.8 Å². The summed E-state index contributed by atoms with van der Waals surface area (Å²) in [6.45, 7) is 1.29. The normalized spacial score (nSPS) is 12.5. The van der Waals surface area contributed by atoms with Gasteiger partial charge in [-0.25, -0.2) is 0 Å². The molecule has 0 aliphatic rings. The molecule has 0 radical (unpaired) electrons. The molecule has 0 saturated carbocycles. The fourth-order valence-corrected chi connectivity index (χ4v) is 1.92. The minimum Gasteiger partial charge on any atom is -0.435 e. The second kappa shape index (κ2) is 14.0. The summed E-state index contributed by atoms with van der Waals surface area (Å²) in [4.78, 5) is 4.31. The van der Waals surface area contributed by atoms with Crippen LogP contribution in [0.4, 0.5) is 8.78 Å². The highest BCUT2D eigenvalue weighted by molar-refractivity contribution is 14.0. The Labute approximate surface area is 164 Å². The van der Waals surface area contributed by atoms with Crippen LogP contribution in [-0.2, 0) is 4.74 Å². The Bertz CT molecular complexity index is 490. The van der Waals surface area contributed by atoms with Gasteiger partial charge < -0.3 is 25.2 Å². The number of ether oxygens (including phenoxy) is 2. The van der Waals surface area contributed by atoms with Gasteiger partial charge in [0.15, 0.2) is 5.96 Å². The number of alkyl halides is 2. The zero-order chi connectivity index (χ0) is 17.8. The molecule has 1 aromatic rings. The smallest absolute Gasteiger partial charge is 0.387 e. The minimum atomic E-state index is -2.86. The molecule has 0 fully saturated rings. The summed E-state index contributed by atoms with van der Waals surface area (Å²) >= 11 is 0. The lowest BCUT2D eigenvalue weighted by Crippen LogP contribution is -2.38. The molecular formula is C16H26F2IN3O3. The highest BCUT2D eigenvalue weighted by Crippen LogP contribution is 2.19. The van der Waals surface area contributed by atoms with E-state index in [4.69, 9.17) is 4.74 Å². The van der Waals surface area contributed by atoms with Crippen molar-refractivity contribution < 1.29 is 23.4 Å². The van der Waals surface area contributed by atoms with E-state index in [1.807, 2.05) is 6.92 Å². The van der Waals surface area contributed by atoms with Crippen LogP contribution in [0.3, 0.4) is 0 Å². The molecule has 1 aromatic carbocycles. The van der Waals surface area contributed by atoms with E-state index in [1.165, 1.54) is 24.3 Å². The number of hydrogen-bond donors (Lipinski definition) is 3. The number of rotatable bonds is 10. The fourth-order valence-electron chi connectivity index (χ4n) is 1.92. The van der Waals surface area contributed by atoms with Crippen molar-refractivity contribution in [1.82, 2.24) is 10.6 Å². The quantitative estimate of drug-likeness (QED) is 0.211. The molecule has 0 amide bonds. The first kappa shape index (κ1) is 23.8. The van der Waals surface area contributed by atoms with Crippen LogP contribution in [0.25, 0.3) is 0 Å². The molecule has 0 spiro atoms. The van der Waals surface area contributed by atoms with Gasteiger partial charge in [0.05, 0.1) is 12.6 Å². The third-order valence-electron chi connectivity index (χ3n) is 3.07. The predicted octanol–water partition coefficient (Wildman–Crippen LogP) is 2.53. The maximum absolute atomic E-state index is 12.1. The third-order valence-corrected chi connectivity index (χ3v) is 3.07. The van der Waals surface area contributed by atoms with Crippen LogP contribution in [-0.4, -0.2) is 51.0 Å². The van der Waals surface area contributed by atoms with Crippen LogP contribution in [0, 0.1) is 0 Å². The van der Waals surface area contributed by atoms with Gasteiger partial charge in [-0.2, -0.15) is 8.78 Å². The highest BCUT2D eigenvalue weighted by Gasteiger charge is 2.09. The molecule has 0 bridgehead atoms. The largest absolute Gasteiger partial charge is 0.435 e. The maximum Gasteiger partial charge on any atom is 0.387 e. The van der Waals surface area contributed by atoms with Crippen molar-refractivity contribution in [1.29, 1.82) is 0 Å². The minimum absolute atomic E-state index is 0. The Balaban J connectivity index is 0.00000576. The van der Waals surface area contributed by atoms with E-state index < -0.39 is 12.7 Å². The Morgan fingerprint density at radius 1 is 1.24 bits per heavy atom. The lowest BCUT2D eigenvalue weighted by atomic mass is 10.1. The van der Waals surface area contributed by atoms with E-state index in [0.29, 0.717) is 31.2 Å². The summed E-state index contributed by atoms with van der Waals surface area (Å²) in [7, 11) is 1.65. The van der Waals surface area contributed by atoms with Gasteiger partial charge in [-0.15, -0.1) is 24.0 Å². The summed E-state index contributed by atoms with van der Waals surface area (Å²) < 4.78 is 33.4. The molecule has 25 heavy (non-hydrogen) atoms. The predicted molar refractivity (Wildman–Crippen MR) is 104 cm³/mol. The Morgan fingerprint density at radius 2 is 1.92 bits per heavy atom. The van der Waals surface area contributed by atoms with Gasteiger partial charge in [-0.1, -0.05) is 12.1 Å². The number of benzene rings is 1. The fraction of sp³-hybridized carbons (Fsp3) is 0.562. The molecule has 0 aliphatic heterocycles. The molecular weight excluding hydrogens is 447 g/mol. The van der Waals surface area contributed by atoms with Crippen molar-refractivity contribution >= 4 is 29.9 Å². The van der Waals surface area contributed by atoms with E-state index in [2.05, 4.69) is 20.4 Å². The second-order valence-electron chi connectivity index (χ2n) is 4.96. The standard InChI is InChI=1S/C16H25F2N3O3.HI/c1-3-19-16(20-9-4-10-23-2)21-11-14(22)12-5-7-13(8-6-12)24-15(17)18;/h5-8,14-15,22H,3-4,9-11H2,1-2H3,(H2,19,20,21);1H. The number of nitrogens with zero attached hydrogens (tertiary/aromatic N) is 1. The van der Waals surface area contributed by atoms with Gasteiger partial charge in [0.25, 0.3) is 0 Å². The highest BCUT2D eigenvalue weighted by atomic mass is 127. The summed E-state index contributed by atoms with van der Waals surface area (Å²) in [6.07, 6.45) is 0.00902. The summed E-state index contributed by atoms with van der Waals surface area (Å²) in [6, 6.07) is 5.86. The SMILES string of the molecule is CCNC(=NCC(O)c1ccc(OC(F)F)cc1)NCCCOC.I. The molecule has 1 unspecified atom stereocenters. The Hall–Kier alpha value is -1.20. The Kier molecular flexibility index (Phi) is 13.3. The zero-order valence-corrected chi connectivity index (χ0v) is 16.7. The van der Waals surface area contributed by atoms with Crippen LogP contribution in [0.2, 0.25) is 0 Å². The maximum atomic E-state index is 12.1. The third kappa shape index (κ3) is 10.4. The number of hydrogen-bond acceptors (Lipinski definition) is 4. The molecule has 9 heteroatoms. The molecule has 0 saturated heterocycles. The molecule has 3 N–H and O–H groups in total. The molecule has 1 rings (SSSR count). The summed E-state index contributed by atoms with van der Waals surface area (Å²) in [5, 5.41) is 16.4. The van der Waals surface area contributed by atoms with Crippen LogP contribution in [0.5, 0.6) is 5.75 Å². The van der Waals surface area contributed by atoms with Gasteiger partial charge in [-0.3, -0.25) is 4.99 Å². The van der Waals surface area contributed by atoms with Crippen molar-refractivity contribution in [2.24, 2.45) is 4.99 Å². The van der Waals surface area contributed by atoms with Gasteiger partial charge >= 0.3 is 6.61 Å². The summed E-state index contributed by atoms with van der Waals surface area (Å²) in [5.41, 5.74) is 0.579. The van der Waals surface area contributed by atoms with Gasteiger partial charge in [0.2, 0.25) is 0 Å². The summed E-state index contributed by atoms with van der Waals surface area (Å²) in [5.74, 6) is 0.655. The lowest BCUT2D eigenvalue weighted by Gasteiger charge is -2.13. The van der Waals surface area contributed by atoms with Crippen LogP contribution in [0.1, 0.15) is 25.0 Å². The van der Waals surface area contributed by atoms with E-state index in [0.717, 1.165) is 6.42 Å². The van der Waals surface area contributed by atoms with Crippen molar-refractivity contribution in [2.75, 3.05) is 33.4 Å². The van der Waals surface area contributed by atoms with E-state index in [9.17, 15) is 13.9 Å². The molecule has 1 atom stereocenters. The van der Waals surface area contributed by atoms with Gasteiger partial charge in [0, 0.05) is 26.8 Å². The molecule has 6 nitrogen and oxygen atoms in total. The second-order valence-corrected chi connectivity index (χ2v) is 4.96.